The van der Waals surface area contributed by atoms with Gasteiger partial charge in [-0.3, -0.25) is 0 Å². The average molecular weight is 348 g/mol. The van der Waals surface area contributed by atoms with E-state index in [0.717, 1.165) is 41.8 Å². The molecule has 1 aliphatic rings. The van der Waals surface area contributed by atoms with Crippen LogP contribution in [0, 0.1) is 0 Å². The summed E-state index contributed by atoms with van der Waals surface area (Å²) in [6, 6.07) is 4.05. The summed E-state index contributed by atoms with van der Waals surface area (Å²) in [6.07, 6.45) is 1.24. The summed E-state index contributed by atoms with van der Waals surface area (Å²) < 4.78 is 22.4. The fourth-order valence-electron chi connectivity index (χ4n) is 2.11. The molecule has 5 nitrogen and oxygen atoms in total. The molecule has 1 fully saturated rings. The van der Waals surface area contributed by atoms with Gasteiger partial charge in [0.15, 0.2) is 0 Å². The van der Waals surface area contributed by atoms with Crippen LogP contribution in [0.3, 0.4) is 0 Å². The predicted molar refractivity (Wildman–Crippen MR) is 94.7 cm³/mol. The number of thiol groups is 1. The largest absolute Gasteiger partial charge is 0.370 e. The second-order valence-corrected chi connectivity index (χ2v) is 8.82. The number of pyridine rings is 1. The van der Waals surface area contributed by atoms with Gasteiger partial charge in [-0.15, -0.1) is 0 Å². The Bertz CT molecular complexity index is 572. The van der Waals surface area contributed by atoms with Crippen molar-refractivity contribution in [1.29, 1.82) is 0 Å². The zero-order chi connectivity index (χ0) is 15.3. The van der Waals surface area contributed by atoms with Crippen LogP contribution in [0.5, 0.6) is 0 Å². The molecule has 1 aromatic heterocycles. The monoisotopic (exact) mass is 347 g/mol. The standard InChI is InChI=1S/C13H21N3O2S3/c1-21(17,18)7-2-14-13-9-12(8-11(10-19)15-13)16-3-5-20-6-4-16/h8-9,19H,2-7,10H2,1H3,(H,14,15). The number of nitrogens with zero attached hydrogens (tertiary/aromatic N) is 2. The van der Waals surface area contributed by atoms with E-state index in [1.54, 1.807) is 0 Å². The van der Waals surface area contributed by atoms with E-state index in [-0.39, 0.29) is 5.75 Å². The maximum Gasteiger partial charge on any atom is 0.149 e. The summed E-state index contributed by atoms with van der Waals surface area (Å²) in [5, 5.41) is 3.10. The molecule has 1 N–H and O–H groups in total. The second kappa shape index (κ2) is 7.60. The van der Waals surface area contributed by atoms with Gasteiger partial charge < -0.3 is 10.2 Å². The van der Waals surface area contributed by atoms with E-state index in [0.29, 0.717) is 12.3 Å². The van der Waals surface area contributed by atoms with E-state index in [1.165, 1.54) is 6.26 Å². The van der Waals surface area contributed by atoms with Crippen LogP contribution >= 0.6 is 24.4 Å². The number of hydrogen-bond donors (Lipinski definition) is 2. The third kappa shape index (κ3) is 5.60. The maximum atomic E-state index is 11.2. The van der Waals surface area contributed by atoms with Crippen LogP contribution in [-0.2, 0) is 15.6 Å². The molecular formula is C13H21N3O2S3. The molecular weight excluding hydrogens is 326 g/mol. The first-order chi connectivity index (χ1) is 9.98. The Hall–Kier alpha value is -0.600. The number of nitrogens with one attached hydrogen (secondary N) is 1. The van der Waals surface area contributed by atoms with E-state index in [9.17, 15) is 8.42 Å². The number of anilines is 2. The Morgan fingerprint density at radius 3 is 2.71 bits per heavy atom. The highest BCUT2D eigenvalue weighted by molar-refractivity contribution is 7.99. The van der Waals surface area contributed by atoms with Crippen LogP contribution in [0.25, 0.3) is 0 Å². The molecule has 2 heterocycles. The maximum absolute atomic E-state index is 11.2. The summed E-state index contributed by atoms with van der Waals surface area (Å²) in [5.41, 5.74) is 2.03. The molecule has 0 amide bonds. The molecule has 0 atom stereocenters. The van der Waals surface area contributed by atoms with Crippen molar-refractivity contribution >= 4 is 45.7 Å². The lowest BCUT2D eigenvalue weighted by atomic mass is 10.2. The average Bonchev–Trinajstić information content (AvgIpc) is 2.46. The fourth-order valence-corrected chi connectivity index (χ4v) is 3.65. The van der Waals surface area contributed by atoms with E-state index >= 15 is 0 Å². The van der Waals surface area contributed by atoms with Crippen molar-refractivity contribution in [3.05, 3.63) is 17.8 Å². The Morgan fingerprint density at radius 1 is 1.38 bits per heavy atom. The minimum Gasteiger partial charge on any atom is -0.370 e. The van der Waals surface area contributed by atoms with Crippen molar-refractivity contribution in [3.63, 3.8) is 0 Å². The minimum atomic E-state index is -2.96. The zero-order valence-electron chi connectivity index (χ0n) is 12.1. The Morgan fingerprint density at radius 2 is 2.10 bits per heavy atom. The van der Waals surface area contributed by atoms with Gasteiger partial charge in [-0.1, -0.05) is 0 Å². The summed E-state index contributed by atoms with van der Waals surface area (Å²) in [5.74, 6) is 3.66. The van der Waals surface area contributed by atoms with Crippen LogP contribution < -0.4 is 10.2 Å². The molecule has 1 aromatic rings. The van der Waals surface area contributed by atoms with Crippen molar-refractivity contribution < 1.29 is 8.42 Å². The lowest BCUT2D eigenvalue weighted by Gasteiger charge is -2.29. The first kappa shape index (κ1) is 16.8. The highest BCUT2D eigenvalue weighted by atomic mass is 32.2. The number of thioether (sulfide) groups is 1. The van der Waals surface area contributed by atoms with Crippen LogP contribution in [0.1, 0.15) is 5.69 Å². The van der Waals surface area contributed by atoms with Gasteiger partial charge in [-0.05, 0) is 6.07 Å². The van der Waals surface area contributed by atoms with Gasteiger partial charge in [-0.25, -0.2) is 13.4 Å². The molecule has 1 aliphatic heterocycles. The van der Waals surface area contributed by atoms with Gasteiger partial charge in [-0.2, -0.15) is 24.4 Å². The molecule has 1 saturated heterocycles. The SMILES string of the molecule is CS(=O)(=O)CCNc1cc(N2CCSCC2)cc(CS)n1. The molecule has 0 bridgehead atoms. The van der Waals surface area contributed by atoms with Crippen molar-refractivity contribution in [3.8, 4) is 0 Å². The van der Waals surface area contributed by atoms with Gasteiger partial charge in [0.25, 0.3) is 0 Å². The minimum absolute atomic E-state index is 0.107. The summed E-state index contributed by atoms with van der Waals surface area (Å²) in [6.45, 7) is 2.43. The normalized spacial score (nSPS) is 16.0. The van der Waals surface area contributed by atoms with Gasteiger partial charge in [0.1, 0.15) is 15.7 Å². The third-order valence-corrected chi connectivity index (χ3v) is 5.39. The molecule has 0 aliphatic carbocycles. The lowest BCUT2D eigenvalue weighted by Crippen LogP contribution is -2.32. The highest BCUT2D eigenvalue weighted by Crippen LogP contribution is 2.23. The van der Waals surface area contributed by atoms with Crippen molar-refractivity contribution in [1.82, 2.24) is 4.98 Å². The van der Waals surface area contributed by atoms with E-state index in [2.05, 4.69) is 33.9 Å². The van der Waals surface area contributed by atoms with Crippen LogP contribution in [0.15, 0.2) is 12.1 Å². The van der Waals surface area contributed by atoms with Crippen LogP contribution in [0.4, 0.5) is 11.5 Å². The highest BCUT2D eigenvalue weighted by Gasteiger charge is 2.13. The summed E-state index contributed by atoms with van der Waals surface area (Å²) >= 11 is 6.27. The topological polar surface area (TPSA) is 62.3 Å². The number of sulfone groups is 1. The van der Waals surface area contributed by atoms with Crippen LogP contribution in [-0.4, -0.2) is 56.6 Å². The third-order valence-electron chi connectivity index (χ3n) is 3.18. The van der Waals surface area contributed by atoms with E-state index in [1.807, 2.05) is 17.8 Å². The molecule has 0 unspecified atom stereocenters. The lowest BCUT2D eigenvalue weighted by molar-refractivity contribution is 0.602. The Kier molecular flexibility index (Phi) is 6.07. The summed E-state index contributed by atoms with van der Waals surface area (Å²) in [4.78, 5) is 6.79. The molecule has 0 aromatic carbocycles. The van der Waals surface area contributed by atoms with Crippen molar-refractivity contribution in [2.24, 2.45) is 0 Å². The molecule has 21 heavy (non-hydrogen) atoms. The Labute approximate surface area is 136 Å². The number of aromatic nitrogens is 1. The van der Waals surface area contributed by atoms with Crippen LogP contribution in [0.2, 0.25) is 0 Å². The molecule has 0 radical (unpaired) electrons. The summed E-state index contributed by atoms with van der Waals surface area (Å²) in [7, 11) is -2.96. The molecule has 8 heteroatoms. The first-order valence-corrected chi connectivity index (χ1v) is 10.7. The van der Waals surface area contributed by atoms with Gasteiger partial charge in [0, 0.05) is 54.9 Å². The number of rotatable bonds is 6. The Balaban J connectivity index is 2.09. The molecule has 0 saturated carbocycles. The van der Waals surface area contributed by atoms with Crippen molar-refractivity contribution in [2.75, 3.05) is 53.4 Å². The van der Waals surface area contributed by atoms with Crippen molar-refractivity contribution in [2.45, 2.75) is 5.75 Å². The van der Waals surface area contributed by atoms with E-state index in [4.69, 9.17) is 0 Å². The van der Waals surface area contributed by atoms with Gasteiger partial charge >= 0.3 is 0 Å². The smallest absolute Gasteiger partial charge is 0.149 e. The number of hydrogen-bond acceptors (Lipinski definition) is 7. The van der Waals surface area contributed by atoms with Gasteiger partial charge in [0.05, 0.1) is 11.4 Å². The first-order valence-electron chi connectivity index (χ1n) is 6.84. The predicted octanol–water partition coefficient (Wildman–Crippen LogP) is 1.52. The molecule has 118 valence electrons. The fraction of sp³-hybridized carbons (Fsp3) is 0.615. The zero-order valence-corrected chi connectivity index (χ0v) is 14.6. The molecule has 0 spiro atoms. The van der Waals surface area contributed by atoms with Gasteiger partial charge in [0.2, 0.25) is 0 Å². The van der Waals surface area contributed by atoms with E-state index < -0.39 is 9.84 Å². The molecule has 2 rings (SSSR count). The second-order valence-electron chi connectivity index (χ2n) is 5.02. The quantitative estimate of drug-likeness (QED) is 0.761.